The van der Waals surface area contributed by atoms with Gasteiger partial charge >= 0.3 is 12.1 Å². The number of ether oxygens (including phenoxy) is 1. The van der Waals surface area contributed by atoms with Crippen molar-refractivity contribution in [3.63, 3.8) is 0 Å². The van der Waals surface area contributed by atoms with Gasteiger partial charge in [0, 0.05) is 0 Å². The smallest absolute Gasteiger partial charge is 0.404 e. The summed E-state index contributed by atoms with van der Waals surface area (Å²) in [6.45, 7) is 5.52. The molecule has 0 aliphatic carbocycles. The van der Waals surface area contributed by atoms with Crippen LogP contribution in [-0.2, 0) is 9.53 Å². The topological polar surface area (TPSA) is 26.3 Å². The van der Waals surface area contributed by atoms with Crippen LogP contribution in [0, 0.1) is 5.41 Å². The van der Waals surface area contributed by atoms with Crippen LogP contribution in [0.5, 0.6) is 0 Å². The number of carbonyl (C=O) groups is 1. The Morgan fingerprint density at radius 2 is 1.80 bits per heavy atom. The number of carbonyl (C=O) groups excluding carboxylic acids is 1. The summed E-state index contributed by atoms with van der Waals surface area (Å²) in [5, 5.41) is 0. The molecule has 0 saturated heterocycles. The molecule has 2 atom stereocenters. The van der Waals surface area contributed by atoms with Crippen LogP contribution in [0.1, 0.15) is 40.5 Å². The fraction of sp³-hybridized carbons (Fsp3) is 0.900. The molecule has 2 nitrogen and oxygen atoms in total. The average Bonchev–Trinajstić information content (AvgIpc) is 2.14. The second-order valence-corrected chi connectivity index (χ2v) is 3.81. The van der Waals surface area contributed by atoms with Crippen LogP contribution in [0.15, 0.2) is 0 Å². The van der Waals surface area contributed by atoms with Crippen LogP contribution in [0.25, 0.3) is 0 Å². The molecule has 2 unspecified atom stereocenters. The zero-order chi connectivity index (χ0) is 12.3. The second-order valence-electron chi connectivity index (χ2n) is 3.81. The Hall–Kier alpha value is -0.740. The summed E-state index contributed by atoms with van der Waals surface area (Å²) in [4.78, 5) is 11.4. The van der Waals surface area contributed by atoms with Gasteiger partial charge in [-0.05, 0) is 26.7 Å². The van der Waals surface area contributed by atoms with Gasteiger partial charge in [0.15, 0.2) is 5.41 Å². The molecule has 0 fully saturated rings. The van der Waals surface area contributed by atoms with E-state index < -0.39 is 23.7 Å². The molecule has 0 rings (SSSR count). The van der Waals surface area contributed by atoms with Gasteiger partial charge < -0.3 is 4.74 Å². The van der Waals surface area contributed by atoms with E-state index in [4.69, 9.17) is 4.74 Å². The fourth-order valence-electron chi connectivity index (χ4n) is 0.857. The highest BCUT2D eigenvalue weighted by Gasteiger charge is 2.56. The van der Waals surface area contributed by atoms with E-state index in [2.05, 4.69) is 0 Å². The minimum absolute atomic E-state index is 0.314. The van der Waals surface area contributed by atoms with Gasteiger partial charge in [0.25, 0.3) is 0 Å². The molecule has 0 aliphatic heterocycles. The summed E-state index contributed by atoms with van der Waals surface area (Å²) < 4.78 is 42.5. The minimum atomic E-state index is -4.56. The van der Waals surface area contributed by atoms with E-state index in [-0.39, 0.29) is 6.42 Å². The molecule has 90 valence electrons. The normalized spacial score (nSPS) is 18.1. The molecule has 5 heteroatoms. The van der Waals surface area contributed by atoms with Gasteiger partial charge in [-0.1, -0.05) is 13.8 Å². The molecule has 0 aromatic rings. The van der Waals surface area contributed by atoms with Crippen molar-refractivity contribution < 1.29 is 22.7 Å². The lowest BCUT2D eigenvalue weighted by Crippen LogP contribution is -2.44. The SMILES string of the molecule is CCC(C)OC(=O)C(C)(CC)C(F)(F)F. The summed E-state index contributed by atoms with van der Waals surface area (Å²) in [5.74, 6) is -1.19. The lowest BCUT2D eigenvalue weighted by atomic mass is 9.87. The Morgan fingerprint density at radius 3 is 2.07 bits per heavy atom. The van der Waals surface area contributed by atoms with Crippen molar-refractivity contribution in [2.24, 2.45) is 5.41 Å². The highest BCUT2D eigenvalue weighted by Crippen LogP contribution is 2.41. The van der Waals surface area contributed by atoms with Crippen LogP contribution < -0.4 is 0 Å². The van der Waals surface area contributed by atoms with Gasteiger partial charge in [-0.3, -0.25) is 4.79 Å². The van der Waals surface area contributed by atoms with Crippen molar-refractivity contribution in [2.45, 2.75) is 52.8 Å². The Kier molecular flexibility index (Phi) is 4.62. The third-order valence-corrected chi connectivity index (χ3v) is 2.67. The first kappa shape index (κ1) is 14.3. The van der Waals surface area contributed by atoms with Crippen LogP contribution in [0.4, 0.5) is 13.2 Å². The highest BCUT2D eigenvalue weighted by atomic mass is 19.4. The minimum Gasteiger partial charge on any atom is -0.462 e. The van der Waals surface area contributed by atoms with Gasteiger partial charge in [0.05, 0.1) is 6.10 Å². The van der Waals surface area contributed by atoms with Crippen molar-refractivity contribution in [1.82, 2.24) is 0 Å². The average molecular weight is 226 g/mol. The Morgan fingerprint density at radius 1 is 1.33 bits per heavy atom. The summed E-state index contributed by atoms with van der Waals surface area (Å²) in [7, 11) is 0. The second kappa shape index (κ2) is 4.86. The molecular formula is C10H17F3O2. The molecule has 15 heavy (non-hydrogen) atoms. The lowest BCUT2D eigenvalue weighted by Gasteiger charge is -2.29. The van der Waals surface area contributed by atoms with E-state index in [1.165, 1.54) is 6.92 Å². The molecule has 0 saturated carbocycles. The lowest BCUT2D eigenvalue weighted by molar-refractivity contribution is -0.233. The summed E-state index contributed by atoms with van der Waals surface area (Å²) in [5.41, 5.74) is -2.39. The van der Waals surface area contributed by atoms with E-state index in [0.717, 1.165) is 6.92 Å². The van der Waals surface area contributed by atoms with Gasteiger partial charge in [-0.25, -0.2) is 0 Å². The molecular weight excluding hydrogens is 209 g/mol. The Bertz CT molecular complexity index is 225. The third kappa shape index (κ3) is 3.11. The number of rotatable bonds is 4. The monoisotopic (exact) mass is 226 g/mol. The summed E-state index contributed by atoms with van der Waals surface area (Å²) >= 11 is 0. The zero-order valence-corrected chi connectivity index (χ0v) is 9.44. The molecule has 0 aromatic heterocycles. The first-order valence-electron chi connectivity index (χ1n) is 4.96. The molecule has 0 N–H and O–H groups in total. The maximum atomic E-state index is 12.6. The molecule has 0 aliphatic rings. The summed E-state index contributed by atoms with van der Waals surface area (Å²) in [6.07, 6.45) is -4.85. The van der Waals surface area contributed by atoms with Crippen LogP contribution in [0.2, 0.25) is 0 Å². The quantitative estimate of drug-likeness (QED) is 0.687. The van der Waals surface area contributed by atoms with Gasteiger partial charge in [0.2, 0.25) is 0 Å². The molecule has 0 spiro atoms. The zero-order valence-electron chi connectivity index (χ0n) is 9.44. The third-order valence-electron chi connectivity index (χ3n) is 2.67. The predicted octanol–water partition coefficient (Wildman–Crippen LogP) is 3.31. The molecule has 0 aromatic carbocycles. The molecule has 0 heterocycles. The largest absolute Gasteiger partial charge is 0.462 e. The number of alkyl halides is 3. The van der Waals surface area contributed by atoms with E-state index >= 15 is 0 Å². The molecule has 0 bridgehead atoms. The first-order chi connectivity index (χ1) is 6.69. The standard InChI is InChI=1S/C10H17F3O2/c1-5-7(3)15-8(14)9(4,6-2)10(11,12)13/h7H,5-6H2,1-4H3. The maximum absolute atomic E-state index is 12.6. The van der Waals surface area contributed by atoms with E-state index in [1.807, 2.05) is 0 Å². The number of esters is 1. The number of halogens is 3. The van der Waals surface area contributed by atoms with Crippen LogP contribution >= 0.6 is 0 Å². The van der Waals surface area contributed by atoms with Crippen LogP contribution in [-0.4, -0.2) is 18.2 Å². The summed E-state index contributed by atoms with van der Waals surface area (Å²) in [6, 6.07) is 0. The van der Waals surface area contributed by atoms with Crippen molar-refractivity contribution in [3.05, 3.63) is 0 Å². The van der Waals surface area contributed by atoms with Gasteiger partial charge in [-0.2, -0.15) is 13.2 Å². The molecule has 0 amide bonds. The maximum Gasteiger partial charge on any atom is 0.404 e. The van der Waals surface area contributed by atoms with Gasteiger partial charge in [-0.15, -0.1) is 0 Å². The van der Waals surface area contributed by atoms with Crippen molar-refractivity contribution in [2.75, 3.05) is 0 Å². The first-order valence-corrected chi connectivity index (χ1v) is 4.96. The van der Waals surface area contributed by atoms with E-state index in [0.29, 0.717) is 6.42 Å². The van der Waals surface area contributed by atoms with E-state index in [9.17, 15) is 18.0 Å². The number of hydrogen-bond acceptors (Lipinski definition) is 2. The highest BCUT2D eigenvalue weighted by molar-refractivity contribution is 5.77. The predicted molar refractivity (Wildman–Crippen MR) is 50.3 cm³/mol. The Labute approximate surface area is 87.8 Å². The van der Waals surface area contributed by atoms with Crippen molar-refractivity contribution >= 4 is 5.97 Å². The fourth-order valence-corrected chi connectivity index (χ4v) is 0.857. The van der Waals surface area contributed by atoms with Crippen LogP contribution in [0.3, 0.4) is 0 Å². The van der Waals surface area contributed by atoms with Gasteiger partial charge in [0.1, 0.15) is 0 Å². The molecule has 0 radical (unpaired) electrons. The van der Waals surface area contributed by atoms with Crippen molar-refractivity contribution in [1.29, 1.82) is 0 Å². The van der Waals surface area contributed by atoms with E-state index in [1.54, 1.807) is 13.8 Å². The van der Waals surface area contributed by atoms with Crippen molar-refractivity contribution in [3.8, 4) is 0 Å². The number of hydrogen-bond donors (Lipinski definition) is 0. The Balaban J connectivity index is 4.75.